The smallest absolute Gasteiger partial charge is 0.138 e. The minimum absolute atomic E-state index is 0.156. The van der Waals surface area contributed by atoms with Crippen molar-refractivity contribution in [3.05, 3.63) is 23.8 Å². The molecule has 0 aliphatic heterocycles. The second-order valence-electron chi connectivity index (χ2n) is 5.07. The summed E-state index contributed by atoms with van der Waals surface area (Å²) in [4.78, 5) is 4.59. The van der Waals surface area contributed by atoms with Gasteiger partial charge in [-0.3, -0.25) is 4.90 Å². The maximum absolute atomic E-state index is 9.42. The summed E-state index contributed by atoms with van der Waals surface area (Å²) in [6.07, 6.45) is 0. The molecule has 1 unspecified atom stereocenters. The molecule has 1 rings (SSSR count). The summed E-state index contributed by atoms with van der Waals surface area (Å²) >= 11 is 0. The Balaban J connectivity index is 2.70. The Kier molecular flexibility index (Phi) is 5.44. The number of anilines is 1. The van der Waals surface area contributed by atoms with E-state index < -0.39 is 0 Å². The van der Waals surface area contributed by atoms with Gasteiger partial charge in [0, 0.05) is 19.1 Å². The SMILES string of the molecule is CCN(Cc1ccc(O)c(N)c1)C(C)CN(C)C. The lowest BCUT2D eigenvalue weighted by molar-refractivity contribution is 0.174. The van der Waals surface area contributed by atoms with Gasteiger partial charge >= 0.3 is 0 Å². The van der Waals surface area contributed by atoms with E-state index in [2.05, 4.69) is 37.7 Å². The first-order chi connectivity index (χ1) is 8.43. The van der Waals surface area contributed by atoms with Crippen LogP contribution in [0.2, 0.25) is 0 Å². The number of rotatable bonds is 6. The fourth-order valence-electron chi connectivity index (χ4n) is 2.16. The van der Waals surface area contributed by atoms with Gasteiger partial charge in [-0.25, -0.2) is 0 Å². The molecule has 4 heteroatoms. The Hall–Kier alpha value is -1.26. The van der Waals surface area contributed by atoms with Crippen LogP contribution >= 0.6 is 0 Å². The third-order valence-corrected chi connectivity index (χ3v) is 3.14. The summed E-state index contributed by atoms with van der Waals surface area (Å²) in [7, 11) is 4.17. The van der Waals surface area contributed by atoms with Crippen molar-refractivity contribution in [1.82, 2.24) is 9.80 Å². The maximum Gasteiger partial charge on any atom is 0.138 e. The third-order valence-electron chi connectivity index (χ3n) is 3.14. The standard InChI is InChI=1S/C14H25N3O/c1-5-17(11(2)9-16(3)4)10-12-6-7-14(18)13(15)8-12/h6-8,11,18H,5,9-10,15H2,1-4H3. The Morgan fingerprint density at radius 3 is 2.50 bits per heavy atom. The molecule has 102 valence electrons. The number of phenols is 1. The van der Waals surface area contributed by atoms with Crippen LogP contribution in [-0.4, -0.2) is 48.1 Å². The molecular formula is C14H25N3O. The fraction of sp³-hybridized carbons (Fsp3) is 0.571. The molecule has 18 heavy (non-hydrogen) atoms. The van der Waals surface area contributed by atoms with Crippen molar-refractivity contribution in [2.45, 2.75) is 26.4 Å². The van der Waals surface area contributed by atoms with Crippen molar-refractivity contribution >= 4 is 5.69 Å². The Morgan fingerprint density at radius 2 is 2.00 bits per heavy atom. The van der Waals surface area contributed by atoms with Crippen LogP contribution in [0.1, 0.15) is 19.4 Å². The van der Waals surface area contributed by atoms with E-state index in [0.717, 1.165) is 25.2 Å². The molecular weight excluding hydrogens is 226 g/mol. The van der Waals surface area contributed by atoms with E-state index in [-0.39, 0.29) is 5.75 Å². The lowest BCUT2D eigenvalue weighted by atomic mass is 10.1. The zero-order valence-corrected chi connectivity index (χ0v) is 11.8. The molecule has 0 bridgehead atoms. The van der Waals surface area contributed by atoms with Crippen molar-refractivity contribution in [3.63, 3.8) is 0 Å². The maximum atomic E-state index is 9.42. The molecule has 1 aromatic carbocycles. The highest BCUT2D eigenvalue weighted by Crippen LogP contribution is 2.21. The van der Waals surface area contributed by atoms with Gasteiger partial charge in [-0.05, 0) is 45.3 Å². The van der Waals surface area contributed by atoms with Gasteiger partial charge in [0.05, 0.1) is 5.69 Å². The van der Waals surface area contributed by atoms with E-state index >= 15 is 0 Å². The van der Waals surface area contributed by atoms with Gasteiger partial charge in [-0.15, -0.1) is 0 Å². The van der Waals surface area contributed by atoms with Crippen LogP contribution in [0.5, 0.6) is 5.75 Å². The van der Waals surface area contributed by atoms with Gasteiger partial charge in [0.15, 0.2) is 0 Å². The third kappa shape index (κ3) is 4.20. The molecule has 1 atom stereocenters. The van der Waals surface area contributed by atoms with Gasteiger partial charge in [0.25, 0.3) is 0 Å². The first-order valence-electron chi connectivity index (χ1n) is 6.40. The van der Waals surface area contributed by atoms with Crippen LogP contribution in [0.4, 0.5) is 5.69 Å². The fourth-order valence-corrected chi connectivity index (χ4v) is 2.16. The van der Waals surface area contributed by atoms with Gasteiger partial charge in [-0.2, -0.15) is 0 Å². The number of hydrogen-bond acceptors (Lipinski definition) is 4. The number of benzene rings is 1. The van der Waals surface area contributed by atoms with Crippen LogP contribution in [0.3, 0.4) is 0 Å². The molecule has 3 N–H and O–H groups in total. The molecule has 0 heterocycles. The molecule has 1 aromatic rings. The number of phenolic OH excluding ortho intramolecular Hbond substituents is 1. The Bertz CT molecular complexity index is 379. The Labute approximate surface area is 110 Å². The first kappa shape index (κ1) is 14.8. The number of nitrogens with zero attached hydrogens (tertiary/aromatic N) is 2. The summed E-state index contributed by atoms with van der Waals surface area (Å²) in [6.45, 7) is 7.27. The van der Waals surface area contributed by atoms with Crippen LogP contribution in [0, 0.1) is 0 Å². The molecule has 0 amide bonds. The number of likely N-dealkylation sites (N-methyl/N-ethyl adjacent to an activating group) is 2. The normalized spacial score (nSPS) is 13.2. The van der Waals surface area contributed by atoms with Gasteiger partial charge < -0.3 is 15.7 Å². The summed E-state index contributed by atoms with van der Waals surface area (Å²) in [5.74, 6) is 0.156. The molecule has 0 aromatic heterocycles. The molecule has 0 aliphatic rings. The van der Waals surface area contributed by atoms with Gasteiger partial charge in [-0.1, -0.05) is 13.0 Å². The second-order valence-corrected chi connectivity index (χ2v) is 5.07. The molecule has 0 saturated carbocycles. The van der Waals surface area contributed by atoms with E-state index in [1.165, 1.54) is 0 Å². The molecule has 0 spiro atoms. The average Bonchev–Trinajstić information content (AvgIpc) is 2.29. The summed E-state index contributed by atoms with van der Waals surface area (Å²) < 4.78 is 0. The zero-order chi connectivity index (χ0) is 13.7. The van der Waals surface area contributed by atoms with E-state index in [0.29, 0.717) is 11.7 Å². The summed E-state index contributed by atoms with van der Waals surface area (Å²) in [5.41, 5.74) is 7.30. The molecule has 4 nitrogen and oxygen atoms in total. The van der Waals surface area contributed by atoms with Crippen molar-refractivity contribution in [2.75, 3.05) is 32.9 Å². The zero-order valence-electron chi connectivity index (χ0n) is 11.8. The van der Waals surface area contributed by atoms with Gasteiger partial charge in [0.1, 0.15) is 5.75 Å². The average molecular weight is 251 g/mol. The lowest BCUT2D eigenvalue weighted by Crippen LogP contribution is -2.39. The molecule has 0 aliphatic carbocycles. The van der Waals surface area contributed by atoms with Crippen molar-refractivity contribution < 1.29 is 5.11 Å². The van der Waals surface area contributed by atoms with E-state index in [9.17, 15) is 5.11 Å². The van der Waals surface area contributed by atoms with E-state index in [1.54, 1.807) is 6.07 Å². The van der Waals surface area contributed by atoms with E-state index in [4.69, 9.17) is 5.73 Å². The summed E-state index contributed by atoms with van der Waals surface area (Å²) in [5, 5.41) is 9.42. The topological polar surface area (TPSA) is 52.7 Å². The quantitative estimate of drug-likeness (QED) is 0.597. The molecule has 0 fully saturated rings. The highest BCUT2D eigenvalue weighted by Gasteiger charge is 2.13. The minimum Gasteiger partial charge on any atom is -0.506 e. The first-order valence-corrected chi connectivity index (χ1v) is 6.40. The van der Waals surface area contributed by atoms with Crippen molar-refractivity contribution in [2.24, 2.45) is 0 Å². The van der Waals surface area contributed by atoms with Crippen LogP contribution in [0.15, 0.2) is 18.2 Å². The van der Waals surface area contributed by atoms with E-state index in [1.807, 2.05) is 12.1 Å². The van der Waals surface area contributed by atoms with Gasteiger partial charge in [0.2, 0.25) is 0 Å². The monoisotopic (exact) mass is 251 g/mol. The predicted molar refractivity (Wildman–Crippen MR) is 76.6 cm³/mol. The van der Waals surface area contributed by atoms with Crippen molar-refractivity contribution in [1.29, 1.82) is 0 Å². The van der Waals surface area contributed by atoms with Crippen LogP contribution < -0.4 is 5.73 Å². The van der Waals surface area contributed by atoms with Crippen LogP contribution in [0.25, 0.3) is 0 Å². The number of aromatic hydroxyl groups is 1. The number of hydrogen-bond donors (Lipinski definition) is 2. The minimum atomic E-state index is 0.156. The molecule has 0 saturated heterocycles. The summed E-state index contributed by atoms with van der Waals surface area (Å²) in [6, 6.07) is 5.92. The molecule has 0 radical (unpaired) electrons. The predicted octanol–water partition coefficient (Wildman–Crippen LogP) is 1.75. The number of nitrogen functional groups attached to an aromatic ring is 1. The highest BCUT2D eigenvalue weighted by molar-refractivity contribution is 5.53. The highest BCUT2D eigenvalue weighted by atomic mass is 16.3. The lowest BCUT2D eigenvalue weighted by Gasteiger charge is -2.30. The largest absolute Gasteiger partial charge is 0.506 e. The van der Waals surface area contributed by atoms with Crippen LogP contribution in [-0.2, 0) is 6.54 Å². The second kappa shape index (κ2) is 6.61. The number of nitrogens with two attached hydrogens (primary N) is 1. The van der Waals surface area contributed by atoms with Crippen molar-refractivity contribution in [3.8, 4) is 5.75 Å². The Morgan fingerprint density at radius 1 is 1.33 bits per heavy atom.